The minimum absolute atomic E-state index is 0.525. The van der Waals surface area contributed by atoms with Crippen molar-refractivity contribution in [3.63, 3.8) is 0 Å². The third-order valence-corrected chi connectivity index (χ3v) is 3.73. The fourth-order valence-corrected chi connectivity index (χ4v) is 2.25. The van der Waals surface area contributed by atoms with Gasteiger partial charge in [-0.2, -0.15) is 0 Å². The maximum absolute atomic E-state index is 12.6. The second-order valence-corrected chi connectivity index (χ2v) is 5.25. The summed E-state index contributed by atoms with van der Waals surface area (Å²) in [7, 11) is 1.59. The van der Waals surface area contributed by atoms with E-state index in [0.29, 0.717) is 0 Å². The Bertz CT molecular complexity index is 732. The number of carbonyl (C=O) groups is 2. The Labute approximate surface area is 133 Å². The van der Waals surface area contributed by atoms with Crippen LogP contribution in [0, 0.1) is 0 Å². The van der Waals surface area contributed by atoms with Crippen LogP contribution >= 0.6 is 0 Å². The van der Waals surface area contributed by atoms with E-state index >= 15 is 0 Å². The molecule has 1 unspecified atom stereocenters. The quantitative estimate of drug-likeness (QED) is 0.858. The Hall–Kier alpha value is -2.63. The van der Waals surface area contributed by atoms with Gasteiger partial charge in [-0.15, -0.1) is 0 Å². The molecule has 0 saturated carbocycles. The maximum Gasteiger partial charge on any atom is 0.328 e. The standard InChI is InChI=1S/C17H18FNO4/c1-10(16(20)19-15(9-18)17(21)22)11-3-4-13-8-14(23-2)6-5-12(13)7-11/h3-8,10,15H,9H2,1-2H3,(H,19,20)(H,21,22)/t10-,15?/m0/s1. The molecule has 2 aromatic carbocycles. The molecule has 6 heteroatoms. The van der Waals surface area contributed by atoms with Crippen molar-refractivity contribution in [3.05, 3.63) is 42.0 Å². The summed E-state index contributed by atoms with van der Waals surface area (Å²) < 4.78 is 17.8. The average molecular weight is 319 g/mol. The zero-order chi connectivity index (χ0) is 17.0. The SMILES string of the molecule is COc1ccc2cc([C@H](C)C(=O)NC(CF)C(=O)O)ccc2c1. The lowest BCUT2D eigenvalue weighted by Gasteiger charge is -2.16. The van der Waals surface area contributed by atoms with Crippen LogP contribution in [0.2, 0.25) is 0 Å². The van der Waals surface area contributed by atoms with Gasteiger partial charge in [-0.05, 0) is 35.4 Å². The van der Waals surface area contributed by atoms with E-state index in [-0.39, 0.29) is 0 Å². The van der Waals surface area contributed by atoms with Gasteiger partial charge in [-0.1, -0.05) is 24.3 Å². The van der Waals surface area contributed by atoms with E-state index in [1.807, 2.05) is 30.3 Å². The molecule has 2 atom stereocenters. The number of nitrogens with one attached hydrogen (secondary N) is 1. The minimum atomic E-state index is -1.52. The molecular weight excluding hydrogens is 301 g/mol. The number of halogens is 1. The molecule has 23 heavy (non-hydrogen) atoms. The van der Waals surface area contributed by atoms with Gasteiger partial charge in [0.2, 0.25) is 5.91 Å². The van der Waals surface area contributed by atoms with Crippen LogP contribution in [-0.2, 0) is 9.59 Å². The number of carboxylic acids is 1. The van der Waals surface area contributed by atoms with Crippen molar-refractivity contribution in [2.75, 3.05) is 13.8 Å². The minimum Gasteiger partial charge on any atom is -0.497 e. The third-order valence-electron chi connectivity index (χ3n) is 3.73. The molecule has 0 aromatic heterocycles. The summed E-state index contributed by atoms with van der Waals surface area (Å²) in [5.41, 5.74) is 0.725. The number of fused-ring (bicyclic) bond motifs is 1. The van der Waals surface area contributed by atoms with Crippen molar-refractivity contribution in [2.45, 2.75) is 18.9 Å². The summed E-state index contributed by atoms with van der Waals surface area (Å²) in [6.45, 7) is 0.502. The molecule has 0 aliphatic rings. The van der Waals surface area contributed by atoms with Crippen molar-refractivity contribution in [2.24, 2.45) is 0 Å². The van der Waals surface area contributed by atoms with E-state index < -0.39 is 30.5 Å². The first-order chi connectivity index (χ1) is 11.0. The summed E-state index contributed by atoms with van der Waals surface area (Å²) >= 11 is 0. The summed E-state index contributed by atoms with van der Waals surface area (Å²) in [5, 5.41) is 12.9. The Balaban J connectivity index is 2.21. The number of alkyl halides is 1. The normalized spacial score (nSPS) is 13.3. The third kappa shape index (κ3) is 3.77. The molecule has 0 fully saturated rings. The van der Waals surface area contributed by atoms with Crippen molar-refractivity contribution in [1.29, 1.82) is 0 Å². The Morgan fingerprint density at radius 2 is 1.87 bits per heavy atom. The van der Waals surface area contributed by atoms with E-state index in [0.717, 1.165) is 22.1 Å². The molecule has 0 aliphatic heterocycles. The molecule has 0 heterocycles. The lowest BCUT2D eigenvalue weighted by atomic mass is 9.96. The second-order valence-electron chi connectivity index (χ2n) is 5.25. The van der Waals surface area contributed by atoms with E-state index in [1.54, 1.807) is 20.1 Å². The fourth-order valence-electron chi connectivity index (χ4n) is 2.25. The van der Waals surface area contributed by atoms with E-state index in [2.05, 4.69) is 5.32 Å². The molecule has 0 saturated heterocycles. The number of rotatable bonds is 6. The molecule has 0 spiro atoms. The lowest BCUT2D eigenvalue weighted by Crippen LogP contribution is -2.44. The first-order valence-electron chi connectivity index (χ1n) is 7.13. The van der Waals surface area contributed by atoms with E-state index in [9.17, 15) is 14.0 Å². The summed E-state index contributed by atoms with van der Waals surface area (Å²) in [6.07, 6.45) is 0. The number of carboxylic acid groups (broad SMARTS) is 1. The Morgan fingerprint density at radius 1 is 1.22 bits per heavy atom. The summed E-state index contributed by atoms with van der Waals surface area (Å²) in [4.78, 5) is 22.9. The fraction of sp³-hybridized carbons (Fsp3) is 0.294. The number of ether oxygens (including phenoxy) is 1. The number of hydrogen-bond acceptors (Lipinski definition) is 3. The van der Waals surface area contributed by atoms with Crippen molar-refractivity contribution >= 4 is 22.6 Å². The highest BCUT2D eigenvalue weighted by molar-refractivity contribution is 5.90. The van der Waals surface area contributed by atoms with Crippen LogP contribution in [0.1, 0.15) is 18.4 Å². The highest BCUT2D eigenvalue weighted by atomic mass is 19.1. The largest absolute Gasteiger partial charge is 0.497 e. The monoisotopic (exact) mass is 319 g/mol. The van der Waals surface area contributed by atoms with Gasteiger partial charge in [-0.3, -0.25) is 4.79 Å². The predicted molar refractivity (Wildman–Crippen MR) is 84.5 cm³/mol. The van der Waals surface area contributed by atoms with Crippen LogP contribution in [0.5, 0.6) is 5.75 Å². The smallest absolute Gasteiger partial charge is 0.328 e. The topological polar surface area (TPSA) is 75.6 Å². The van der Waals surface area contributed by atoms with E-state index in [1.165, 1.54) is 0 Å². The highest BCUT2D eigenvalue weighted by Crippen LogP contribution is 2.25. The van der Waals surface area contributed by atoms with Gasteiger partial charge in [0.1, 0.15) is 12.4 Å². The molecule has 2 N–H and O–H groups in total. The molecule has 5 nitrogen and oxygen atoms in total. The van der Waals surface area contributed by atoms with Crippen molar-refractivity contribution in [3.8, 4) is 5.75 Å². The molecule has 0 bridgehead atoms. The Kier molecular flexibility index (Phi) is 5.16. The van der Waals surface area contributed by atoms with Gasteiger partial charge in [0.25, 0.3) is 0 Å². The zero-order valence-electron chi connectivity index (χ0n) is 12.9. The van der Waals surface area contributed by atoms with Crippen LogP contribution in [0.25, 0.3) is 10.8 Å². The zero-order valence-corrected chi connectivity index (χ0v) is 12.9. The van der Waals surface area contributed by atoms with Gasteiger partial charge in [0.15, 0.2) is 6.04 Å². The van der Waals surface area contributed by atoms with Gasteiger partial charge >= 0.3 is 5.97 Å². The number of carbonyl (C=O) groups excluding carboxylic acids is 1. The van der Waals surface area contributed by atoms with Crippen LogP contribution in [-0.4, -0.2) is 36.8 Å². The van der Waals surface area contributed by atoms with Crippen LogP contribution in [0.4, 0.5) is 4.39 Å². The maximum atomic E-state index is 12.6. The number of amides is 1. The predicted octanol–water partition coefficient (Wildman–Crippen LogP) is 2.49. The van der Waals surface area contributed by atoms with Crippen molar-refractivity contribution < 1.29 is 23.8 Å². The molecule has 122 valence electrons. The average Bonchev–Trinajstić information content (AvgIpc) is 2.57. The van der Waals surface area contributed by atoms with Gasteiger partial charge < -0.3 is 15.2 Å². The van der Waals surface area contributed by atoms with Crippen LogP contribution in [0.15, 0.2) is 36.4 Å². The molecule has 2 rings (SSSR count). The number of benzene rings is 2. The van der Waals surface area contributed by atoms with Gasteiger partial charge in [0.05, 0.1) is 13.0 Å². The van der Waals surface area contributed by atoms with Crippen LogP contribution in [0.3, 0.4) is 0 Å². The van der Waals surface area contributed by atoms with Crippen LogP contribution < -0.4 is 10.1 Å². The summed E-state index contributed by atoms with van der Waals surface area (Å²) in [5.74, 6) is -1.76. The van der Waals surface area contributed by atoms with Gasteiger partial charge in [-0.25, -0.2) is 9.18 Å². The number of methoxy groups -OCH3 is 1. The van der Waals surface area contributed by atoms with E-state index in [4.69, 9.17) is 9.84 Å². The summed E-state index contributed by atoms with van der Waals surface area (Å²) in [6, 6.07) is 9.56. The Morgan fingerprint density at radius 3 is 2.48 bits per heavy atom. The molecule has 2 aromatic rings. The first kappa shape index (κ1) is 16.7. The molecular formula is C17H18FNO4. The second kappa shape index (κ2) is 7.09. The molecule has 1 amide bonds. The lowest BCUT2D eigenvalue weighted by molar-refractivity contribution is -0.142. The number of aliphatic carboxylic acids is 1. The number of hydrogen-bond donors (Lipinski definition) is 2. The van der Waals surface area contributed by atoms with Crippen molar-refractivity contribution in [1.82, 2.24) is 5.32 Å². The molecule has 0 aliphatic carbocycles. The first-order valence-corrected chi connectivity index (χ1v) is 7.13. The molecule has 0 radical (unpaired) electrons. The van der Waals surface area contributed by atoms with Gasteiger partial charge in [0, 0.05) is 0 Å². The highest BCUT2D eigenvalue weighted by Gasteiger charge is 2.23.